The first-order valence-electron chi connectivity index (χ1n) is 15.4. The Morgan fingerprint density at radius 1 is 1.06 bits per heavy atom. The number of anilines is 2. The van der Waals surface area contributed by atoms with Crippen LogP contribution in [0.25, 0.3) is 27.8 Å². The second-order valence-corrected chi connectivity index (χ2v) is 11.9. The Balaban J connectivity index is 1.45. The monoisotopic (exact) mass is 698 g/mol. The highest BCUT2D eigenvalue weighted by Crippen LogP contribution is 2.32. The molecule has 0 radical (unpaired) electrons. The molecule has 49 heavy (non-hydrogen) atoms. The van der Waals surface area contributed by atoms with E-state index in [-0.39, 0.29) is 39.9 Å². The van der Waals surface area contributed by atoms with E-state index in [1.807, 2.05) is 4.57 Å². The summed E-state index contributed by atoms with van der Waals surface area (Å²) in [6.07, 6.45) is -0.727. The van der Waals surface area contributed by atoms with Gasteiger partial charge in [0, 0.05) is 74.5 Å². The number of carbonyl (C=O) groups is 1. The summed E-state index contributed by atoms with van der Waals surface area (Å²) in [6.45, 7) is 6.52. The Hall–Kier alpha value is -4.86. The van der Waals surface area contributed by atoms with E-state index in [2.05, 4.69) is 37.2 Å². The molecule has 0 saturated carbocycles. The zero-order chi connectivity index (χ0) is 34.9. The van der Waals surface area contributed by atoms with Crippen molar-refractivity contribution >= 4 is 40.1 Å². The molecule has 1 aliphatic heterocycles. The van der Waals surface area contributed by atoms with Crippen LogP contribution in [0.1, 0.15) is 23.0 Å². The maximum absolute atomic E-state index is 13.7. The molecule has 0 spiro atoms. The molecule has 5 aromatic rings. The molecule has 1 N–H and O–H groups in total. The van der Waals surface area contributed by atoms with E-state index >= 15 is 0 Å². The van der Waals surface area contributed by atoms with E-state index in [0.717, 1.165) is 49.2 Å². The summed E-state index contributed by atoms with van der Waals surface area (Å²) < 4.78 is 62.4. The second-order valence-electron chi connectivity index (χ2n) is 11.5. The first-order chi connectivity index (χ1) is 23.4. The number of fused-ring (bicyclic) bond motifs is 1. The summed E-state index contributed by atoms with van der Waals surface area (Å²) in [6, 6.07) is 9.61. The normalized spacial score (nSPS) is 14.3. The number of ether oxygens (including phenoxy) is 1. The van der Waals surface area contributed by atoms with E-state index in [4.69, 9.17) is 16.3 Å². The average molecular weight is 699 g/mol. The number of piperazine rings is 1. The van der Waals surface area contributed by atoms with Gasteiger partial charge in [-0.05, 0) is 55.9 Å². The molecular weight excluding hydrogens is 668 g/mol. The maximum Gasteiger partial charge on any atom is 0.435 e. The number of hydrogen-bond donors (Lipinski definition) is 1. The molecule has 0 bridgehead atoms. The summed E-state index contributed by atoms with van der Waals surface area (Å²) in [7, 11) is 2.07. The number of pyridine rings is 1. The van der Waals surface area contributed by atoms with Crippen LogP contribution in [-0.2, 0) is 17.5 Å². The number of halogens is 5. The van der Waals surface area contributed by atoms with Gasteiger partial charge < -0.3 is 19.5 Å². The zero-order valence-electron chi connectivity index (χ0n) is 26.5. The summed E-state index contributed by atoms with van der Waals surface area (Å²) in [5.41, 5.74) is -0.325. The van der Waals surface area contributed by atoms with E-state index < -0.39 is 29.1 Å². The van der Waals surface area contributed by atoms with Crippen LogP contribution < -0.4 is 10.7 Å². The number of aromatic nitrogens is 5. The van der Waals surface area contributed by atoms with Crippen LogP contribution in [0.3, 0.4) is 0 Å². The van der Waals surface area contributed by atoms with Crippen molar-refractivity contribution in [2.24, 2.45) is 0 Å². The Labute approximate surface area is 282 Å². The van der Waals surface area contributed by atoms with Gasteiger partial charge in [0.25, 0.3) is 0 Å². The van der Waals surface area contributed by atoms with Crippen LogP contribution in [-0.4, -0.2) is 86.5 Å². The van der Waals surface area contributed by atoms with Gasteiger partial charge in [0.2, 0.25) is 11.4 Å². The molecule has 0 unspecified atom stereocenters. The number of carbonyl (C=O) groups excluding carboxylic acids is 1. The van der Waals surface area contributed by atoms with Crippen LogP contribution in [0.4, 0.5) is 29.2 Å². The van der Waals surface area contributed by atoms with Gasteiger partial charge in [-0.3, -0.25) is 9.69 Å². The number of benzene rings is 2. The van der Waals surface area contributed by atoms with Crippen molar-refractivity contribution in [3.05, 3.63) is 93.4 Å². The van der Waals surface area contributed by atoms with Crippen molar-refractivity contribution in [3.8, 4) is 16.9 Å². The Kier molecular flexibility index (Phi) is 9.68. The number of alkyl halides is 3. The van der Waals surface area contributed by atoms with E-state index in [1.165, 1.54) is 24.5 Å². The van der Waals surface area contributed by atoms with Gasteiger partial charge in [-0.25, -0.2) is 18.9 Å². The molecule has 0 amide bonds. The van der Waals surface area contributed by atoms with Crippen LogP contribution in [0.15, 0.2) is 65.8 Å². The number of nitrogens with zero attached hydrogens (tertiary/aromatic N) is 7. The lowest BCUT2D eigenvalue weighted by atomic mass is 10.0. The van der Waals surface area contributed by atoms with Gasteiger partial charge in [-0.1, -0.05) is 17.7 Å². The van der Waals surface area contributed by atoms with Crippen LogP contribution in [0.5, 0.6) is 0 Å². The van der Waals surface area contributed by atoms with Crippen LogP contribution in [0.2, 0.25) is 5.02 Å². The third-order valence-electron chi connectivity index (χ3n) is 8.18. The lowest BCUT2D eigenvalue weighted by molar-refractivity contribution is -0.141. The minimum absolute atomic E-state index is 0.0397. The Morgan fingerprint density at radius 3 is 2.53 bits per heavy atom. The van der Waals surface area contributed by atoms with Gasteiger partial charge >= 0.3 is 12.1 Å². The molecule has 0 atom stereocenters. The number of hydrogen-bond acceptors (Lipinski definition) is 9. The average Bonchev–Trinajstić information content (AvgIpc) is 3.58. The fourth-order valence-corrected chi connectivity index (χ4v) is 5.71. The first kappa shape index (κ1) is 34.0. The number of nitrogens with one attached hydrogen (secondary N) is 1. The largest absolute Gasteiger partial charge is 0.462 e. The third-order valence-corrected chi connectivity index (χ3v) is 8.47. The molecule has 6 rings (SSSR count). The van der Waals surface area contributed by atoms with Gasteiger partial charge in [0.05, 0.1) is 17.1 Å². The predicted molar refractivity (Wildman–Crippen MR) is 176 cm³/mol. The highest BCUT2D eigenvalue weighted by atomic mass is 35.5. The molecule has 16 heteroatoms. The van der Waals surface area contributed by atoms with Gasteiger partial charge in [0.15, 0.2) is 11.5 Å². The quantitative estimate of drug-likeness (QED) is 0.155. The predicted octanol–water partition coefficient (Wildman–Crippen LogP) is 5.62. The molecule has 1 saturated heterocycles. The summed E-state index contributed by atoms with van der Waals surface area (Å²) in [5.74, 6) is -1.48. The summed E-state index contributed by atoms with van der Waals surface area (Å²) >= 11 is 5.91. The zero-order valence-corrected chi connectivity index (χ0v) is 27.2. The van der Waals surface area contributed by atoms with Crippen LogP contribution >= 0.6 is 11.6 Å². The lowest BCUT2D eigenvalue weighted by Crippen LogP contribution is -2.45. The SMILES string of the molecule is CCOC(=O)c1cn(CCN2CCN(C)CC2)c2ccc(-c3cnc(Nc4ccc(F)c(Cl)c4)nc3-n3ccc(C(F)(F)F)n3)cc2c1=O. The van der Waals surface area contributed by atoms with Crippen LogP contribution in [0, 0.1) is 5.82 Å². The van der Waals surface area contributed by atoms with Crippen molar-refractivity contribution in [2.75, 3.05) is 51.7 Å². The highest BCUT2D eigenvalue weighted by molar-refractivity contribution is 6.31. The molecule has 1 aliphatic rings. The van der Waals surface area contributed by atoms with Crippen molar-refractivity contribution < 1.29 is 27.1 Å². The summed E-state index contributed by atoms with van der Waals surface area (Å²) in [5, 5.41) is 6.62. The van der Waals surface area contributed by atoms with Crippen molar-refractivity contribution in [2.45, 2.75) is 19.6 Å². The van der Waals surface area contributed by atoms with Gasteiger partial charge in [-0.15, -0.1) is 0 Å². The number of rotatable bonds is 9. The highest BCUT2D eigenvalue weighted by Gasteiger charge is 2.34. The summed E-state index contributed by atoms with van der Waals surface area (Å²) in [4.78, 5) is 40.0. The minimum atomic E-state index is -4.72. The molecule has 11 nitrogen and oxygen atoms in total. The molecular formula is C33H31ClF4N8O3. The minimum Gasteiger partial charge on any atom is -0.462 e. The molecule has 0 aliphatic carbocycles. The Morgan fingerprint density at radius 2 is 1.84 bits per heavy atom. The molecule has 2 aromatic carbocycles. The Bertz CT molecular complexity index is 2080. The fourth-order valence-electron chi connectivity index (χ4n) is 5.53. The van der Waals surface area contributed by atoms with Crippen molar-refractivity contribution in [1.29, 1.82) is 0 Å². The van der Waals surface area contributed by atoms with Crippen molar-refractivity contribution in [3.63, 3.8) is 0 Å². The third kappa shape index (κ3) is 7.43. The molecule has 1 fully saturated rings. The maximum atomic E-state index is 13.7. The molecule has 4 heterocycles. The standard InChI is InChI=1S/C33H31ClF4N8O3/c1-3-49-31(48)24-19-45(15-14-44-12-10-43(2)11-13-44)27-7-4-20(16-22(27)29(24)47)23-18-39-32(40-21-5-6-26(35)25(34)17-21)41-30(23)46-9-8-28(42-46)33(36,37)38/h4-9,16-19H,3,10-15H2,1-2H3,(H,39,40,41). The fraction of sp³-hybridized carbons (Fsp3) is 0.303. The van der Waals surface area contributed by atoms with Gasteiger partial charge in [-0.2, -0.15) is 23.3 Å². The molecule has 3 aromatic heterocycles. The van der Waals surface area contributed by atoms with E-state index in [1.54, 1.807) is 25.1 Å². The number of likely N-dealkylation sites (N-methyl/N-ethyl adjacent to an activating group) is 1. The molecule has 256 valence electrons. The first-order valence-corrected chi connectivity index (χ1v) is 15.8. The smallest absolute Gasteiger partial charge is 0.435 e. The number of esters is 1. The lowest BCUT2D eigenvalue weighted by Gasteiger charge is -2.32. The second kappa shape index (κ2) is 13.9. The van der Waals surface area contributed by atoms with Crippen molar-refractivity contribution in [1.82, 2.24) is 34.1 Å². The van der Waals surface area contributed by atoms with E-state index in [0.29, 0.717) is 29.9 Å². The van der Waals surface area contributed by atoms with Gasteiger partial charge in [0.1, 0.15) is 11.4 Å². The topological polar surface area (TPSA) is 110 Å². The van der Waals surface area contributed by atoms with E-state index in [9.17, 15) is 27.2 Å².